The van der Waals surface area contributed by atoms with Crippen molar-refractivity contribution in [1.82, 2.24) is 9.80 Å². The molecule has 0 unspecified atom stereocenters. The third kappa shape index (κ3) is 4.10. The highest BCUT2D eigenvalue weighted by Gasteiger charge is 2.43. The number of amides is 2. The van der Waals surface area contributed by atoms with Gasteiger partial charge in [-0.15, -0.1) is 0 Å². The average molecular weight is 369 g/mol. The zero-order valence-corrected chi connectivity index (χ0v) is 15.6. The van der Waals surface area contributed by atoms with Crippen LogP contribution in [-0.2, 0) is 4.79 Å². The molecular formula is C21H24FN3O2. The lowest BCUT2D eigenvalue weighted by Crippen LogP contribution is -2.58. The maximum Gasteiger partial charge on any atom is 0.253 e. The van der Waals surface area contributed by atoms with Gasteiger partial charge in [0.1, 0.15) is 11.4 Å². The molecule has 1 aliphatic rings. The average Bonchev–Trinajstić information content (AvgIpc) is 2.68. The van der Waals surface area contributed by atoms with Gasteiger partial charge in [-0.25, -0.2) is 4.39 Å². The Bertz CT molecular complexity index is 798. The fourth-order valence-corrected chi connectivity index (χ4v) is 3.48. The van der Waals surface area contributed by atoms with Crippen molar-refractivity contribution < 1.29 is 14.0 Å². The molecule has 2 amide bonds. The number of nitrogens with zero attached hydrogens (tertiary/aromatic N) is 2. The third-order valence-corrected chi connectivity index (χ3v) is 4.97. The summed E-state index contributed by atoms with van der Waals surface area (Å²) >= 11 is 0. The summed E-state index contributed by atoms with van der Waals surface area (Å²) in [6.07, 6.45) is 1.01. The van der Waals surface area contributed by atoms with Crippen LogP contribution in [0.5, 0.6) is 0 Å². The van der Waals surface area contributed by atoms with Crippen LogP contribution in [0, 0.1) is 5.82 Å². The largest absolute Gasteiger partial charge is 0.371 e. The van der Waals surface area contributed by atoms with Gasteiger partial charge in [-0.1, -0.05) is 18.2 Å². The number of carbonyl (C=O) groups is 2. The number of anilines is 1. The molecule has 2 aromatic rings. The van der Waals surface area contributed by atoms with E-state index in [0.717, 1.165) is 5.69 Å². The molecule has 1 saturated heterocycles. The molecule has 0 bridgehead atoms. The Labute approximate surface area is 158 Å². The minimum atomic E-state index is -0.746. The van der Waals surface area contributed by atoms with Crippen LogP contribution in [0.1, 0.15) is 23.2 Å². The molecule has 1 aliphatic heterocycles. The van der Waals surface area contributed by atoms with E-state index in [9.17, 15) is 14.0 Å². The first-order chi connectivity index (χ1) is 12.9. The number of hydrogen-bond acceptors (Lipinski definition) is 3. The molecule has 2 aromatic carbocycles. The first-order valence-corrected chi connectivity index (χ1v) is 9.01. The van der Waals surface area contributed by atoms with Gasteiger partial charge in [-0.05, 0) is 49.2 Å². The van der Waals surface area contributed by atoms with Gasteiger partial charge in [0.2, 0.25) is 5.91 Å². The van der Waals surface area contributed by atoms with E-state index in [2.05, 4.69) is 5.32 Å². The van der Waals surface area contributed by atoms with E-state index in [1.54, 1.807) is 23.9 Å². The van der Waals surface area contributed by atoms with Crippen molar-refractivity contribution in [2.24, 2.45) is 0 Å². The molecule has 0 spiro atoms. The van der Waals surface area contributed by atoms with Gasteiger partial charge >= 0.3 is 0 Å². The lowest BCUT2D eigenvalue weighted by Gasteiger charge is -2.43. The Hall–Kier alpha value is -2.89. The van der Waals surface area contributed by atoms with Crippen LogP contribution in [-0.4, -0.2) is 54.3 Å². The number of halogens is 1. The number of benzene rings is 2. The second kappa shape index (κ2) is 7.78. The maximum atomic E-state index is 13.1. The van der Waals surface area contributed by atoms with E-state index < -0.39 is 5.54 Å². The van der Waals surface area contributed by atoms with Crippen molar-refractivity contribution >= 4 is 17.5 Å². The Balaban J connectivity index is 1.76. The maximum absolute atomic E-state index is 13.1. The number of likely N-dealkylation sites (tertiary alicyclic amines) is 1. The van der Waals surface area contributed by atoms with E-state index in [-0.39, 0.29) is 17.6 Å². The summed E-state index contributed by atoms with van der Waals surface area (Å²) in [5.41, 5.74) is 0.592. The van der Waals surface area contributed by atoms with Crippen molar-refractivity contribution in [2.75, 3.05) is 32.5 Å². The van der Waals surface area contributed by atoms with Gasteiger partial charge in [0.15, 0.2) is 0 Å². The lowest BCUT2D eigenvalue weighted by atomic mass is 9.85. The second-order valence-electron chi connectivity index (χ2n) is 7.07. The van der Waals surface area contributed by atoms with Crippen molar-refractivity contribution in [3.8, 4) is 0 Å². The van der Waals surface area contributed by atoms with Crippen molar-refractivity contribution in [1.29, 1.82) is 0 Å². The number of piperidine rings is 1. The standard InChI is InChI=1S/C21H24FN3O2/c1-24(2)20(27)21(23-18-6-4-3-5-7-18)12-14-25(15-13-21)19(26)16-8-10-17(22)11-9-16/h3-11,23H,12-15H2,1-2H3. The number of hydrogen-bond donors (Lipinski definition) is 1. The van der Waals surface area contributed by atoms with E-state index in [4.69, 9.17) is 0 Å². The van der Waals surface area contributed by atoms with Crippen LogP contribution in [0.4, 0.5) is 10.1 Å². The SMILES string of the molecule is CN(C)C(=O)C1(Nc2ccccc2)CCN(C(=O)c2ccc(F)cc2)CC1. The van der Waals surface area contributed by atoms with Crippen LogP contribution in [0.25, 0.3) is 0 Å². The van der Waals surface area contributed by atoms with E-state index >= 15 is 0 Å². The molecule has 1 heterocycles. The third-order valence-electron chi connectivity index (χ3n) is 4.97. The quantitative estimate of drug-likeness (QED) is 0.901. The van der Waals surface area contributed by atoms with Crippen molar-refractivity contribution in [3.05, 3.63) is 66.0 Å². The molecule has 1 N–H and O–H groups in total. The molecule has 5 nitrogen and oxygen atoms in total. The van der Waals surface area contributed by atoms with Crippen LogP contribution >= 0.6 is 0 Å². The predicted molar refractivity (Wildman–Crippen MR) is 103 cm³/mol. The van der Waals surface area contributed by atoms with Gasteiger partial charge in [0.05, 0.1) is 0 Å². The number of nitrogens with one attached hydrogen (secondary N) is 1. The van der Waals surface area contributed by atoms with Crippen molar-refractivity contribution in [3.63, 3.8) is 0 Å². The fraction of sp³-hybridized carbons (Fsp3) is 0.333. The second-order valence-corrected chi connectivity index (χ2v) is 7.07. The smallest absolute Gasteiger partial charge is 0.253 e. The molecular weight excluding hydrogens is 345 g/mol. The summed E-state index contributed by atoms with van der Waals surface area (Å²) in [6.45, 7) is 0.908. The lowest BCUT2D eigenvalue weighted by molar-refractivity contribution is -0.135. The summed E-state index contributed by atoms with van der Waals surface area (Å²) in [4.78, 5) is 28.9. The molecule has 3 rings (SSSR count). The van der Waals surface area contributed by atoms with Gasteiger partial charge in [-0.3, -0.25) is 9.59 Å². The summed E-state index contributed by atoms with van der Waals surface area (Å²) < 4.78 is 13.1. The van der Waals surface area contributed by atoms with Crippen LogP contribution < -0.4 is 5.32 Å². The minimum Gasteiger partial charge on any atom is -0.371 e. The number of para-hydroxylation sites is 1. The van der Waals surface area contributed by atoms with Gasteiger partial charge < -0.3 is 15.1 Å². The zero-order chi connectivity index (χ0) is 19.4. The predicted octanol–water partition coefficient (Wildman–Crippen LogP) is 3.00. The Morgan fingerprint density at radius 3 is 2.15 bits per heavy atom. The Morgan fingerprint density at radius 1 is 1.00 bits per heavy atom. The fourth-order valence-electron chi connectivity index (χ4n) is 3.48. The first-order valence-electron chi connectivity index (χ1n) is 9.01. The van der Waals surface area contributed by atoms with Crippen LogP contribution in [0.3, 0.4) is 0 Å². The molecule has 27 heavy (non-hydrogen) atoms. The Kier molecular flexibility index (Phi) is 5.44. The topological polar surface area (TPSA) is 52.7 Å². The van der Waals surface area contributed by atoms with E-state index in [1.165, 1.54) is 24.3 Å². The first kappa shape index (κ1) is 18.9. The monoisotopic (exact) mass is 369 g/mol. The molecule has 0 aliphatic carbocycles. The zero-order valence-electron chi connectivity index (χ0n) is 15.6. The molecule has 0 radical (unpaired) electrons. The van der Waals surface area contributed by atoms with E-state index in [0.29, 0.717) is 31.5 Å². The minimum absolute atomic E-state index is 0.000217. The van der Waals surface area contributed by atoms with Gasteiger partial charge in [-0.2, -0.15) is 0 Å². The normalized spacial score (nSPS) is 15.9. The number of rotatable bonds is 4. The molecule has 0 saturated carbocycles. The molecule has 142 valence electrons. The summed E-state index contributed by atoms with van der Waals surface area (Å²) in [5, 5.41) is 3.40. The van der Waals surface area contributed by atoms with E-state index in [1.807, 2.05) is 30.3 Å². The molecule has 1 fully saturated rings. The Morgan fingerprint density at radius 2 is 1.59 bits per heavy atom. The number of carbonyl (C=O) groups excluding carboxylic acids is 2. The highest BCUT2D eigenvalue weighted by Crippen LogP contribution is 2.29. The van der Waals surface area contributed by atoms with Crippen LogP contribution in [0.15, 0.2) is 54.6 Å². The summed E-state index contributed by atoms with van der Waals surface area (Å²) in [5.74, 6) is -0.506. The van der Waals surface area contributed by atoms with Crippen molar-refractivity contribution in [2.45, 2.75) is 18.4 Å². The number of likely N-dealkylation sites (N-methyl/N-ethyl adjacent to an activating group) is 1. The highest BCUT2D eigenvalue weighted by molar-refractivity contribution is 5.95. The summed E-state index contributed by atoms with van der Waals surface area (Å²) in [7, 11) is 3.49. The van der Waals surface area contributed by atoms with Gasteiger partial charge in [0, 0.05) is 38.4 Å². The molecule has 0 aromatic heterocycles. The van der Waals surface area contributed by atoms with Crippen LogP contribution in [0.2, 0.25) is 0 Å². The summed E-state index contributed by atoms with van der Waals surface area (Å²) in [6, 6.07) is 15.2. The highest BCUT2D eigenvalue weighted by atomic mass is 19.1. The van der Waals surface area contributed by atoms with Gasteiger partial charge in [0.25, 0.3) is 5.91 Å². The molecule has 6 heteroatoms. The molecule has 0 atom stereocenters.